The van der Waals surface area contributed by atoms with Crippen molar-refractivity contribution < 1.29 is 18.6 Å². The molecule has 3 aromatic carbocycles. The minimum absolute atomic E-state index is 0.287. The van der Waals surface area contributed by atoms with Gasteiger partial charge in [0.1, 0.15) is 6.61 Å². The zero-order valence-electron chi connectivity index (χ0n) is 16.2. The average molecular weight is 528 g/mol. The third-order valence-corrected chi connectivity index (χ3v) is 5.69. The number of hydrogen-bond donors (Lipinski definition) is 1. The molecule has 0 saturated carbocycles. The minimum Gasteiger partial charge on any atom is -0.505 e. The van der Waals surface area contributed by atoms with Crippen LogP contribution in [0, 0.1) is 11.6 Å². The number of phenols is 1. The first-order valence-electron chi connectivity index (χ1n) is 9.17. The van der Waals surface area contributed by atoms with E-state index in [0.29, 0.717) is 16.8 Å². The Morgan fingerprint density at radius 2 is 1.38 bits per heavy atom. The van der Waals surface area contributed by atoms with E-state index < -0.39 is 5.82 Å². The van der Waals surface area contributed by atoms with Crippen molar-refractivity contribution in [2.75, 3.05) is 0 Å². The molecule has 3 rings (SSSR count). The lowest BCUT2D eigenvalue weighted by molar-refractivity contribution is 0.290. The fourth-order valence-electron chi connectivity index (χ4n) is 2.54. The second-order valence-corrected chi connectivity index (χ2v) is 7.96. The number of ether oxygens (including phenoxy) is 1. The molecule has 0 spiro atoms. The van der Waals surface area contributed by atoms with Crippen molar-refractivity contribution in [3.63, 3.8) is 0 Å². The van der Waals surface area contributed by atoms with E-state index in [1.165, 1.54) is 18.2 Å². The molecule has 0 saturated heterocycles. The van der Waals surface area contributed by atoms with Crippen LogP contribution in [0.2, 0.25) is 0 Å². The lowest BCUT2D eigenvalue weighted by atomic mass is 10.1. The predicted molar refractivity (Wildman–Crippen MR) is 119 cm³/mol. The van der Waals surface area contributed by atoms with Crippen molar-refractivity contribution >= 4 is 31.9 Å². The molecular weight excluding hydrogens is 506 g/mol. The number of aryl methyl sites for hydroxylation is 2. The molecule has 154 valence electrons. The van der Waals surface area contributed by atoms with Crippen molar-refractivity contribution in [3.8, 4) is 11.5 Å². The summed E-state index contributed by atoms with van der Waals surface area (Å²) in [6, 6.07) is 15.6. The van der Waals surface area contributed by atoms with Crippen molar-refractivity contribution in [2.45, 2.75) is 33.3 Å². The Labute approximate surface area is 186 Å². The number of halogens is 4. The van der Waals surface area contributed by atoms with E-state index in [4.69, 9.17) is 9.84 Å². The molecule has 0 aliphatic rings. The molecule has 0 atom stereocenters. The van der Waals surface area contributed by atoms with Crippen LogP contribution in [0.3, 0.4) is 0 Å². The number of rotatable bonds is 5. The normalized spacial score (nSPS) is 10.3. The van der Waals surface area contributed by atoms with Gasteiger partial charge in [0.25, 0.3) is 0 Å². The van der Waals surface area contributed by atoms with Gasteiger partial charge in [0.2, 0.25) is 0 Å². The maximum atomic E-state index is 13.7. The van der Waals surface area contributed by atoms with Crippen LogP contribution in [0.25, 0.3) is 0 Å². The smallest absolute Gasteiger partial charge is 0.166 e. The van der Waals surface area contributed by atoms with Crippen LogP contribution in [-0.2, 0) is 19.4 Å². The first-order valence-corrected chi connectivity index (χ1v) is 10.8. The van der Waals surface area contributed by atoms with E-state index >= 15 is 0 Å². The van der Waals surface area contributed by atoms with Gasteiger partial charge in [0.15, 0.2) is 23.1 Å². The predicted octanol–water partition coefficient (Wildman–Crippen LogP) is 7.59. The van der Waals surface area contributed by atoms with Crippen LogP contribution in [0.15, 0.2) is 63.5 Å². The van der Waals surface area contributed by atoms with Gasteiger partial charge < -0.3 is 9.84 Å². The Morgan fingerprint density at radius 3 is 1.97 bits per heavy atom. The molecule has 0 bridgehead atoms. The minimum atomic E-state index is -0.589. The maximum Gasteiger partial charge on any atom is 0.166 e. The Bertz CT molecular complexity index is 947. The van der Waals surface area contributed by atoms with Gasteiger partial charge in [-0.15, -0.1) is 0 Å². The van der Waals surface area contributed by atoms with Gasteiger partial charge in [-0.25, -0.2) is 8.78 Å². The second-order valence-electron chi connectivity index (χ2n) is 6.25. The van der Waals surface area contributed by atoms with Crippen LogP contribution < -0.4 is 4.74 Å². The number of hydrogen-bond acceptors (Lipinski definition) is 2. The molecule has 0 radical (unpaired) electrons. The second kappa shape index (κ2) is 11.3. The molecule has 1 N–H and O–H groups in total. The molecule has 0 amide bonds. The number of aromatic hydroxyl groups is 1. The van der Waals surface area contributed by atoms with Crippen LogP contribution in [0.4, 0.5) is 8.78 Å². The van der Waals surface area contributed by atoms with E-state index in [2.05, 4.69) is 31.9 Å². The zero-order valence-corrected chi connectivity index (χ0v) is 19.4. The summed E-state index contributed by atoms with van der Waals surface area (Å²) in [5, 5.41) is 8.96. The van der Waals surface area contributed by atoms with Crippen molar-refractivity contribution in [2.24, 2.45) is 0 Å². The standard InChI is InChI=1S/C15H14BrFO.C8H8BrFO/c1-2-12-8-15(14(17)9-13(12)16)18-10-11-6-4-3-5-7-11;1-2-5-3-8(11)7(10)4-6(5)9/h3-9H,2,10H2,1H3;3-4,11H,2H2,1H3. The summed E-state index contributed by atoms with van der Waals surface area (Å²) < 4.78 is 33.3. The van der Waals surface area contributed by atoms with Crippen LogP contribution in [-0.4, -0.2) is 5.11 Å². The first-order chi connectivity index (χ1) is 13.8. The molecule has 2 nitrogen and oxygen atoms in total. The van der Waals surface area contributed by atoms with E-state index in [0.717, 1.165) is 34.0 Å². The molecule has 0 aliphatic heterocycles. The van der Waals surface area contributed by atoms with E-state index in [1.807, 2.05) is 44.2 Å². The van der Waals surface area contributed by atoms with Crippen molar-refractivity contribution in [1.82, 2.24) is 0 Å². The molecule has 0 heterocycles. The third-order valence-electron chi connectivity index (χ3n) is 4.22. The maximum absolute atomic E-state index is 13.7. The lowest BCUT2D eigenvalue weighted by Crippen LogP contribution is -1.98. The summed E-state index contributed by atoms with van der Waals surface area (Å²) in [6.07, 6.45) is 1.61. The van der Waals surface area contributed by atoms with Gasteiger partial charge in [0.05, 0.1) is 0 Å². The Hall–Kier alpha value is -1.92. The van der Waals surface area contributed by atoms with Gasteiger partial charge in [-0.05, 0) is 53.8 Å². The van der Waals surface area contributed by atoms with E-state index in [1.54, 1.807) is 6.07 Å². The highest BCUT2D eigenvalue weighted by molar-refractivity contribution is 9.10. The first kappa shape index (κ1) is 23.4. The average Bonchev–Trinajstić information content (AvgIpc) is 2.71. The van der Waals surface area contributed by atoms with Crippen molar-refractivity contribution in [1.29, 1.82) is 0 Å². The quantitative estimate of drug-likeness (QED) is 0.370. The summed E-state index contributed by atoms with van der Waals surface area (Å²) >= 11 is 6.53. The molecule has 0 aliphatic carbocycles. The lowest BCUT2D eigenvalue weighted by Gasteiger charge is -2.10. The molecule has 0 unspecified atom stereocenters. The third kappa shape index (κ3) is 6.82. The Balaban J connectivity index is 0.000000234. The van der Waals surface area contributed by atoms with Crippen LogP contribution in [0.5, 0.6) is 11.5 Å². The highest BCUT2D eigenvalue weighted by atomic mass is 79.9. The molecule has 29 heavy (non-hydrogen) atoms. The molecule has 6 heteroatoms. The SMILES string of the molecule is CCc1cc(O)c(F)cc1Br.CCc1cc(OCc2ccccc2)c(F)cc1Br. The summed E-state index contributed by atoms with van der Waals surface area (Å²) in [5.74, 6) is -0.909. The van der Waals surface area contributed by atoms with Gasteiger partial charge in [-0.2, -0.15) is 0 Å². The van der Waals surface area contributed by atoms with Crippen LogP contribution >= 0.6 is 31.9 Å². The topological polar surface area (TPSA) is 29.5 Å². The fraction of sp³-hybridized carbons (Fsp3) is 0.217. The molecular formula is C23H22Br2F2O2. The summed E-state index contributed by atoms with van der Waals surface area (Å²) in [6.45, 7) is 4.35. The zero-order chi connectivity index (χ0) is 21.4. The van der Waals surface area contributed by atoms with E-state index in [-0.39, 0.29) is 11.6 Å². The Morgan fingerprint density at radius 1 is 0.828 bits per heavy atom. The van der Waals surface area contributed by atoms with Gasteiger partial charge >= 0.3 is 0 Å². The number of benzene rings is 3. The monoisotopic (exact) mass is 526 g/mol. The summed E-state index contributed by atoms with van der Waals surface area (Å²) in [7, 11) is 0. The largest absolute Gasteiger partial charge is 0.505 e. The highest BCUT2D eigenvalue weighted by Gasteiger charge is 2.08. The van der Waals surface area contributed by atoms with Crippen molar-refractivity contribution in [3.05, 3.63) is 91.9 Å². The molecule has 0 fully saturated rings. The highest BCUT2D eigenvalue weighted by Crippen LogP contribution is 2.27. The summed E-state index contributed by atoms with van der Waals surface area (Å²) in [5.41, 5.74) is 2.97. The Kier molecular flexibility index (Phi) is 9.11. The number of phenolic OH excluding ortho intramolecular Hbond substituents is 1. The fourth-order valence-corrected chi connectivity index (χ4v) is 3.73. The summed E-state index contributed by atoms with van der Waals surface area (Å²) in [4.78, 5) is 0. The van der Waals surface area contributed by atoms with Gasteiger partial charge in [0, 0.05) is 8.95 Å². The molecule has 3 aromatic rings. The van der Waals surface area contributed by atoms with Gasteiger partial charge in [-0.1, -0.05) is 76.0 Å². The van der Waals surface area contributed by atoms with Gasteiger partial charge in [-0.3, -0.25) is 0 Å². The molecule has 0 aromatic heterocycles. The van der Waals surface area contributed by atoms with Crippen LogP contribution in [0.1, 0.15) is 30.5 Å². The van der Waals surface area contributed by atoms with E-state index in [9.17, 15) is 8.78 Å².